The lowest BCUT2D eigenvalue weighted by molar-refractivity contribution is 0.593. The van der Waals surface area contributed by atoms with Gasteiger partial charge in [-0.3, -0.25) is 4.31 Å². The second kappa shape index (κ2) is 6.45. The molecule has 2 aromatic carbocycles. The van der Waals surface area contributed by atoms with Crippen LogP contribution in [0.25, 0.3) is 0 Å². The minimum atomic E-state index is -3.61. The van der Waals surface area contributed by atoms with Gasteiger partial charge in [-0.15, -0.1) is 6.58 Å². The zero-order valence-electron chi connectivity index (χ0n) is 11.7. The number of halogens is 1. The molecule has 0 aliphatic heterocycles. The maximum absolute atomic E-state index is 12.8. The van der Waals surface area contributed by atoms with Crippen molar-refractivity contribution in [2.24, 2.45) is 0 Å². The number of anilines is 1. The molecule has 0 aliphatic carbocycles. The zero-order valence-corrected chi connectivity index (χ0v) is 14.1. The maximum Gasteiger partial charge on any atom is 0.264 e. The van der Waals surface area contributed by atoms with E-state index in [1.54, 1.807) is 36.4 Å². The molecule has 0 spiro atoms. The van der Waals surface area contributed by atoms with Gasteiger partial charge in [0, 0.05) is 4.47 Å². The Balaban J connectivity index is 2.50. The summed E-state index contributed by atoms with van der Waals surface area (Å²) in [4.78, 5) is 0.258. The number of sulfonamides is 1. The van der Waals surface area contributed by atoms with Crippen molar-refractivity contribution in [2.45, 2.75) is 11.8 Å². The Bertz CT molecular complexity index is 739. The fourth-order valence-corrected chi connectivity index (χ4v) is 3.67. The summed E-state index contributed by atoms with van der Waals surface area (Å²) in [5.74, 6) is 0. The van der Waals surface area contributed by atoms with Crippen LogP contribution in [-0.2, 0) is 10.0 Å². The van der Waals surface area contributed by atoms with E-state index in [0.717, 1.165) is 10.0 Å². The molecule has 0 N–H and O–H groups in total. The molecule has 5 heteroatoms. The molecule has 0 amide bonds. The number of benzene rings is 2. The summed E-state index contributed by atoms with van der Waals surface area (Å²) in [6.45, 7) is 5.81. The first-order chi connectivity index (χ1) is 9.95. The van der Waals surface area contributed by atoms with Gasteiger partial charge in [-0.25, -0.2) is 8.42 Å². The first-order valence-corrected chi connectivity index (χ1v) is 8.64. The SMILES string of the molecule is C=CCN(c1cccc(C)c1)S(=O)(=O)c1ccc(Br)cc1. The quantitative estimate of drug-likeness (QED) is 0.746. The Morgan fingerprint density at radius 1 is 1.19 bits per heavy atom. The van der Waals surface area contributed by atoms with Crippen LogP contribution >= 0.6 is 15.9 Å². The average Bonchev–Trinajstić information content (AvgIpc) is 2.45. The van der Waals surface area contributed by atoms with E-state index in [0.29, 0.717) is 5.69 Å². The topological polar surface area (TPSA) is 37.4 Å². The van der Waals surface area contributed by atoms with Crippen LogP contribution in [0.5, 0.6) is 0 Å². The van der Waals surface area contributed by atoms with Gasteiger partial charge >= 0.3 is 0 Å². The number of rotatable bonds is 5. The molecular formula is C16H16BrNO2S. The summed E-state index contributed by atoms with van der Waals surface area (Å²) in [6, 6.07) is 14.0. The van der Waals surface area contributed by atoms with Gasteiger partial charge in [0.25, 0.3) is 10.0 Å². The van der Waals surface area contributed by atoms with Gasteiger partial charge in [-0.1, -0.05) is 34.1 Å². The van der Waals surface area contributed by atoms with Gasteiger partial charge in [-0.2, -0.15) is 0 Å². The van der Waals surface area contributed by atoms with Gasteiger partial charge in [-0.05, 0) is 48.9 Å². The molecular weight excluding hydrogens is 350 g/mol. The highest BCUT2D eigenvalue weighted by Gasteiger charge is 2.23. The number of hydrogen-bond acceptors (Lipinski definition) is 2. The molecule has 0 unspecified atom stereocenters. The molecule has 21 heavy (non-hydrogen) atoms. The molecule has 0 aliphatic rings. The summed E-state index contributed by atoms with van der Waals surface area (Å²) < 4.78 is 27.8. The molecule has 2 rings (SSSR count). The fraction of sp³-hybridized carbons (Fsp3) is 0.125. The lowest BCUT2D eigenvalue weighted by Crippen LogP contribution is -2.31. The summed E-state index contributed by atoms with van der Waals surface area (Å²) in [6.07, 6.45) is 1.58. The first-order valence-electron chi connectivity index (χ1n) is 6.41. The monoisotopic (exact) mass is 365 g/mol. The number of aryl methyl sites for hydroxylation is 1. The van der Waals surface area contributed by atoms with Crippen LogP contribution in [0.2, 0.25) is 0 Å². The van der Waals surface area contributed by atoms with E-state index in [4.69, 9.17) is 0 Å². The standard InChI is InChI=1S/C16H16BrNO2S/c1-3-11-18(15-6-4-5-13(2)12-15)21(19,20)16-9-7-14(17)8-10-16/h3-10,12H,1,11H2,2H3. The van der Waals surface area contributed by atoms with Crippen LogP contribution in [0.15, 0.2) is 70.6 Å². The van der Waals surface area contributed by atoms with E-state index in [9.17, 15) is 8.42 Å². The van der Waals surface area contributed by atoms with Crippen LogP contribution in [-0.4, -0.2) is 15.0 Å². The normalized spacial score (nSPS) is 11.1. The van der Waals surface area contributed by atoms with Gasteiger partial charge in [0.1, 0.15) is 0 Å². The minimum Gasteiger partial charge on any atom is -0.263 e. The third-order valence-electron chi connectivity index (χ3n) is 2.99. The molecule has 110 valence electrons. The largest absolute Gasteiger partial charge is 0.264 e. The van der Waals surface area contributed by atoms with Crippen molar-refractivity contribution in [1.82, 2.24) is 0 Å². The van der Waals surface area contributed by atoms with Crippen molar-refractivity contribution in [2.75, 3.05) is 10.8 Å². The Labute approximate surface area is 134 Å². The fourth-order valence-electron chi connectivity index (χ4n) is 1.98. The molecule has 0 heterocycles. The second-order valence-corrected chi connectivity index (χ2v) is 7.40. The molecule has 0 saturated heterocycles. The zero-order chi connectivity index (χ0) is 15.5. The van der Waals surface area contributed by atoms with E-state index < -0.39 is 10.0 Å². The summed E-state index contributed by atoms with van der Waals surface area (Å²) in [7, 11) is -3.61. The predicted molar refractivity (Wildman–Crippen MR) is 90.0 cm³/mol. The van der Waals surface area contributed by atoms with E-state index in [1.165, 1.54) is 4.31 Å². The lowest BCUT2D eigenvalue weighted by atomic mass is 10.2. The first kappa shape index (κ1) is 15.8. The average molecular weight is 366 g/mol. The van der Waals surface area contributed by atoms with Crippen molar-refractivity contribution in [3.8, 4) is 0 Å². The molecule has 0 bridgehead atoms. The van der Waals surface area contributed by atoms with E-state index in [1.807, 2.05) is 25.1 Å². The molecule has 0 fully saturated rings. The van der Waals surface area contributed by atoms with Crippen molar-refractivity contribution in [3.05, 3.63) is 71.2 Å². The second-order valence-electron chi connectivity index (χ2n) is 4.62. The predicted octanol–water partition coefficient (Wildman–Crippen LogP) is 4.14. The summed E-state index contributed by atoms with van der Waals surface area (Å²) in [5, 5.41) is 0. The molecule has 0 atom stereocenters. The highest BCUT2D eigenvalue weighted by molar-refractivity contribution is 9.10. The molecule has 2 aromatic rings. The Morgan fingerprint density at radius 2 is 1.86 bits per heavy atom. The van der Waals surface area contributed by atoms with Crippen molar-refractivity contribution in [3.63, 3.8) is 0 Å². The van der Waals surface area contributed by atoms with Crippen LogP contribution in [0, 0.1) is 6.92 Å². The Kier molecular flexibility index (Phi) is 4.85. The summed E-state index contributed by atoms with van der Waals surface area (Å²) >= 11 is 3.31. The van der Waals surface area contributed by atoms with E-state index >= 15 is 0 Å². The van der Waals surface area contributed by atoms with Crippen molar-refractivity contribution in [1.29, 1.82) is 0 Å². The van der Waals surface area contributed by atoms with Gasteiger partial charge in [0.15, 0.2) is 0 Å². The van der Waals surface area contributed by atoms with Crippen molar-refractivity contribution >= 4 is 31.6 Å². The van der Waals surface area contributed by atoms with Crippen LogP contribution in [0.3, 0.4) is 0 Å². The lowest BCUT2D eigenvalue weighted by Gasteiger charge is -2.23. The van der Waals surface area contributed by atoms with Crippen LogP contribution < -0.4 is 4.31 Å². The van der Waals surface area contributed by atoms with E-state index in [2.05, 4.69) is 22.5 Å². The third-order valence-corrected chi connectivity index (χ3v) is 5.32. The molecule has 0 saturated carbocycles. The molecule has 0 aromatic heterocycles. The smallest absolute Gasteiger partial charge is 0.263 e. The Hall–Kier alpha value is -1.59. The Morgan fingerprint density at radius 3 is 2.43 bits per heavy atom. The number of nitrogens with zero attached hydrogens (tertiary/aromatic N) is 1. The van der Waals surface area contributed by atoms with Crippen LogP contribution in [0.1, 0.15) is 5.56 Å². The van der Waals surface area contributed by atoms with Crippen molar-refractivity contribution < 1.29 is 8.42 Å². The van der Waals surface area contributed by atoms with Crippen LogP contribution in [0.4, 0.5) is 5.69 Å². The number of hydrogen-bond donors (Lipinski definition) is 0. The minimum absolute atomic E-state index is 0.224. The van der Waals surface area contributed by atoms with Gasteiger partial charge < -0.3 is 0 Å². The molecule has 0 radical (unpaired) electrons. The van der Waals surface area contributed by atoms with Gasteiger partial charge in [0.2, 0.25) is 0 Å². The highest BCUT2D eigenvalue weighted by Crippen LogP contribution is 2.25. The summed E-state index contributed by atoms with van der Waals surface area (Å²) in [5.41, 5.74) is 1.64. The van der Waals surface area contributed by atoms with Gasteiger partial charge in [0.05, 0.1) is 17.1 Å². The van der Waals surface area contributed by atoms with E-state index in [-0.39, 0.29) is 11.4 Å². The maximum atomic E-state index is 12.8. The molecule has 3 nitrogen and oxygen atoms in total. The third kappa shape index (κ3) is 3.54. The highest BCUT2D eigenvalue weighted by atomic mass is 79.9.